The molecule has 0 fully saturated rings. The van der Waals surface area contributed by atoms with Crippen LogP contribution in [0.4, 0.5) is 24.5 Å². The van der Waals surface area contributed by atoms with Crippen LogP contribution in [-0.2, 0) is 17.2 Å². The van der Waals surface area contributed by atoms with Crippen molar-refractivity contribution in [2.75, 3.05) is 24.7 Å². The van der Waals surface area contributed by atoms with Crippen molar-refractivity contribution in [1.29, 1.82) is 0 Å². The van der Waals surface area contributed by atoms with Crippen molar-refractivity contribution in [3.05, 3.63) is 71.8 Å². The number of halogens is 3. The summed E-state index contributed by atoms with van der Waals surface area (Å²) in [5.41, 5.74) is 0.547. The molecule has 3 aromatic carbocycles. The normalized spacial score (nSPS) is 18.2. The zero-order chi connectivity index (χ0) is 27.6. The SMILES string of the molecule is CCCCC1CN(c2ccccc2)c2cc(SC)c(-c3ccc(C(F)(F)F)c(C(=O)O)c3)cc2S(=O)N1C. The van der Waals surface area contributed by atoms with Gasteiger partial charge in [-0.15, -0.1) is 11.8 Å². The molecule has 0 saturated heterocycles. The van der Waals surface area contributed by atoms with Crippen molar-refractivity contribution >= 4 is 40.1 Å². The molecule has 1 N–H and O–H groups in total. The minimum absolute atomic E-state index is 0.00857. The Morgan fingerprint density at radius 1 is 1.13 bits per heavy atom. The first-order valence-electron chi connectivity index (χ1n) is 12.2. The van der Waals surface area contributed by atoms with Gasteiger partial charge in [0.25, 0.3) is 0 Å². The molecule has 0 amide bonds. The second-order valence-corrected chi connectivity index (χ2v) is 11.5. The minimum atomic E-state index is -4.80. The Bertz CT molecular complexity index is 1350. The van der Waals surface area contributed by atoms with E-state index in [2.05, 4.69) is 11.8 Å². The van der Waals surface area contributed by atoms with Crippen LogP contribution in [0.3, 0.4) is 0 Å². The molecule has 4 rings (SSSR count). The number of para-hydroxylation sites is 1. The molecule has 202 valence electrons. The third-order valence-corrected chi connectivity index (χ3v) is 9.06. The van der Waals surface area contributed by atoms with Crippen molar-refractivity contribution < 1.29 is 27.3 Å². The maximum Gasteiger partial charge on any atom is 0.417 e. The Balaban J connectivity index is 1.93. The molecule has 0 radical (unpaired) electrons. The molecule has 2 unspecified atom stereocenters. The Hall–Kier alpha value is -2.82. The second-order valence-electron chi connectivity index (χ2n) is 9.12. The summed E-state index contributed by atoms with van der Waals surface area (Å²) in [6, 6.07) is 16.6. The van der Waals surface area contributed by atoms with Crippen LogP contribution >= 0.6 is 11.8 Å². The predicted octanol–water partition coefficient (Wildman–Crippen LogP) is 7.46. The summed E-state index contributed by atoms with van der Waals surface area (Å²) < 4.78 is 56.1. The predicted molar refractivity (Wildman–Crippen MR) is 147 cm³/mol. The van der Waals surface area contributed by atoms with E-state index in [0.717, 1.165) is 47.7 Å². The van der Waals surface area contributed by atoms with Crippen LogP contribution in [0.5, 0.6) is 0 Å². The van der Waals surface area contributed by atoms with Crippen LogP contribution < -0.4 is 4.90 Å². The van der Waals surface area contributed by atoms with Crippen LogP contribution in [0.1, 0.15) is 42.1 Å². The fourth-order valence-corrected chi connectivity index (χ4v) is 6.66. The largest absolute Gasteiger partial charge is 0.478 e. The van der Waals surface area contributed by atoms with Crippen molar-refractivity contribution in [2.45, 2.75) is 48.2 Å². The summed E-state index contributed by atoms with van der Waals surface area (Å²) in [7, 11) is 0.285. The standard InChI is InChI=1S/C28H29F3N2O3S2/c1-4-5-9-20-17-33(19-10-7-6-8-11-19)24-16-25(37-3)21(15-26(24)38(36)32(20)2)18-12-13-23(28(29,30)31)22(14-18)27(34)35/h6-8,10-16,20H,4-5,9,17H2,1-3H3,(H,34,35). The van der Waals surface area contributed by atoms with E-state index in [1.165, 1.54) is 17.8 Å². The van der Waals surface area contributed by atoms with Gasteiger partial charge in [0.1, 0.15) is 11.0 Å². The number of hydrogen-bond donors (Lipinski definition) is 1. The quantitative estimate of drug-likeness (QED) is 0.303. The number of carboxylic acid groups (broad SMARTS) is 1. The molecular formula is C28H29F3N2O3S2. The number of thioether (sulfide) groups is 1. The highest BCUT2D eigenvalue weighted by molar-refractivity contribution is 7.98. The van der Waals surface area contributed by atoms with Gasteiger partial charge in [-0.05, 0) is 60.2 Å². The lowest BCUT2D eigenvalue weighted by Crippen LogP contribution is -2.38. The summed E-state index contributed by atoms with van der Waals surface area (Å²) in [5, 5.41) is 9.53. The van der Waals surface area contributed by atoms with Gasteiger partial charge in [0.05, 0.1) is 21.7 Å². The number of alkyl halides is 3. The molecule has 38 heavy (non-hydrogen) atoms. The van der Waals surface area contributed by atoms with Gasteiger partial charge in [-0.1, -0.05) is 44.0 Å². The number of fused-ring (bicyclic) bond motifs is 1. The summed E-state index contributed by atoms with van der Waals surface area (Å²) in [6.45, 7) is 2.74. The monoisotopic (exact) mass is 562 g/mol. The number of unbranched alkanes of at least 4 members (excludes halogenated alkanes) is 1. The Kier molecular flexibility index (Phi) is 8.54. The Morgan fingerprint density at radius 3 is 2.45 bits per heavy atom. The molecule has 1 aliphatic heterocycles. The molecule has 3 aromatic rings. The van der Waals surface area contributed by atoms with E-state index in [1.54, 1.807) is 6.07 Å². The van der Waals surface area contributed by atoms with Crippen LogP contribution in [-0.4, -0.2) is 45.5 Å². The number of benzene rings is 3. The lowest BCUT2D eigenvalue weighted by Gasteiger charge is -2.30. The van der Waals surface area contributed by atoms with Gasteiger partial charge in [0.15, 0.2) is 0 Å². The van der Waals surface area contributed by atoms with Crippen LogP contribution in [0.15, 0.2) is 70.5 Å². The second kappa shape index (κ2) is 11.5. The summed E-state index contributed by atoms with van der Waals surface area (Å²) in [5.74, 6) is -1.66. The highest BCUT2D eigenvalue weighted by Gasteiger charge is 2.36. The van der Waals surface area contributed by atoms with E-state index in [9.17, 15) is 27.3 Å². The smallest absolute Gasteiger partial charge is 0.417 e. The molecular weight excluding hydrogens is 533 g/mol. The number of rotatable bonds is 7. The lowest BCUT2D eigenvalue weighted by molar-refractivity contribution is -0.138. The lowest BCUT2D eigenvalue weighted by atomic mass is 9.98. The Morgan fingerprint density at radius 2 is 1.84 bits per heavy atom. The van der Waals surface area contributed by atoms with Gasteiger partial charge in [0, 0.05) is 30.2 Å². The fourth-order valence-electron chi connectivity index (χ4n) is 4.71. The maximum atomic E-state index is 13.9. The highest BCUT2D eigenvalue weighted by Crippen LogP contribution is 2.43. The van der Waals surface area contributed by atoms with E-state index in [1.807, 2.05) is 54.0 Å². The number of carbonyl (C=O) groups is 1. The molecule has 1 heterocycles. The summed E-state index contributed by atoms with van der Waals surface area (Å²) in [6.07, 6.45) is -0.0918. The molecule has 0 bridgehead atoms. The zero-order valence-electron chi connectivity index (χ0n) is 21.3. The van der Waals surface area contributed by atoms with Gasteiger partial charge < -0.3 is 10.0 Å². The van der Waals surface area contributed by atoms with Crippen LogP contribution in [0, 0.1) is 0 Å². The van der Waals surface area contributed by atoms with E-state index in [4.69, 9.17) is 0 Å². The fraction of sp³-hybridized carbons (Fsp3) is 0.321. The first-order chi connectivity index (χ1) is 18.1. The number of likely N-dealkylation sites (N-methyl/N-ethyl adjacent to an activating group) is 1. The number of carboxylic acids is 1. The first kappa shape index (κ1) is 28.2. The minimum Gasteiger partial charge on any atom is -0.478 e. The number of nitrogens with zero attached hydrogens (tertiary/aromatic N) is 2. The van der Waals surface area contributed by atoms with E-state index < -0.39 is 34.3 Å². The zero-order valence-corrected chi connectivity index (χ0v) is 22.9. The van der Waals surface area contributed by atoms with Gasteiger partial charge in [-0.3, -0.25) is 0 Å². The molecule has 0 aliphatic carbocycles. The van der Waals surface area contributed by atoms with E-state index in [-0.39, 0.29) is 6.04 Å². The number of anilines is 2. The summed E-state index contributed by atoms with van der Waals surface area (Å²) >= 11 is 1.40. The molecule has 5 nitrogen and oxygen atoms in total. The molecule has 0 spiro atoms. The molecule has 0 aromatic heterocycles. The average molecular weight is 563 g/mol. The van der Waals surface area contributed by atoms with Gasteiger partial charge in [-0.2, -0.15) is 13.2 Å². The summed E-state index contributed by atoms with van der Waals surface area (Å²) in [4.78, 5) is 15.2. The third kappa shape index (κ3) is 5.62. The van der Waals surface area contributed by atoms with Gasteiger partial charge in [-0.25, -0.2) is 13.3 Å². The topological polar surface area (TPSA) is 60.9 Å². The number of aromatic carboxylic acids is 1. The van der Waals surface area contributed by atoms with E-state index >= 15 is 0 Å². The average Bonchev–Trinajstić information content (AvgIpc) is 3.00. The molecule has 2 atom stereocenters. The Labute approximate surface area is 227 Å². The van der Waals surface area contributed by atoms with Crippen LogP contribution in [0.2, 0.25) is 0 Å². The molecule has 0 saturated carbocycles. The van der Waals surface area contributed by atoms with Gasteiger partial charge >= 0.3 is 12.1 Å². The first-order valence-corrected chi connectivity index (χ1v) is 14.5. The van der Waals surface area contributed by atoms with Crippen LogP contribution in [0.25, 0.3) is 11.1 Å². The van der Waals surface area contributed by atoms with Crippen molar-refractivity contribution in [3.8, 4) is 11.1 Å². The highest BCUT2D eigenvalue weighted by atomic mass is 32.2. The molecule has 10 heteroatoms. The van der Waals surface area contributed by atoms with Crippen molar-refractivity contribution in [1.82, 2.24) is 4.31 Å². The van der Waals surface area contributed by atoms with Crippen molar-refractivity contribution in [2.24, 2.45) is 0 Å². The van der Waals surface area contributed by atoms with Gasteiger partial charge in [0.2, 0.25) is 0 Å². The maximum absolute atomic E-state index is 13.9. The van der Waals surface area contributed by atoms with E-state index in [0.29, 0.717) is 22.6 Å². The van der Waals surface area contributed by atoms with Crippen molar-refractivity contribution in [3.63, 3.8) is 0 Å². The molecule has 1 aliphatic rings. The third-order valence-electron chi connectivity index (χ3n) is 6.75. The number of hydrogen-bond acceptors (Lipinski definition) is 4.